The molecule has 2 heterocycles. The molecule has 1 amide bonds. The van der Waals surface area contributed by atoms with Crippen molar-refractivity contribution in [3.63, 3.8) is 0 Å². The van der Waals surface area contributed by atoms with Crippen LogP contribution in [0.4, 0.5) is 17.2 Å². The van der Waals surface area contributed by atoms with Crippen LogP contribution in [-0.4, -0.2) is 20.5 Å². The van der Waals surface area contributed by atoms with Crippen LogP contribution in [0.25, 0.3) is 5.65 Å². The largest absolute Gasteiger partial charge is 0.399 e. The molecule has 2 aromatic carbocycles. The second-order valence-electron chi connectivity index (χ2n) is 6.06. The van der Waals surface area contributed by atoms with Crippen molar-refractivity contribution in [2.75, 3.05) is 16.4 Å². The Balaban J connectivity index is 1.54. The lowest BCUT2D eigenvalue weighted by molar-refractivity contribution is 0.102. The molecular formula is C20H18N6O. The van der Waals surface area contributed by atoms with Crippen LogP contribution in [-0.2, 0) is 6.54 Å². The summed E-state index contributed by atoms with van der Waals surface area (Å²) in [5.74, 6) is 0.399. The quantitative estimate of drug-likeness (QED) is 0.476. The maximum atomic E-state index is 12.6. The number of rotatable bonds is 5. The molecule has 0 unspecified atom stereocenters. The summed E-state index contributed by atoms with van der Waals surface area (Å²) < 4.78 is 1.57. The van der Waals surface area contributed by atoms with Crippen LogP contribution in [0.3, 0.4) is 0 Å². The molecule has 0 aliphatic carbocycles. The molecule has 0 atom stereocenters. The summed E-state index contributed by atoms with van der Waals surface area (Å²) >= 11 is 0. The first-order valence-electron chi connectivity index (χ1n) is 8.48. The van der Waals surface area contributed by atoms with E-state index in [9.17, 15) is 4.79 Å². The van der Waals surface area contributed by atoms with Gasteiger partial charge in [0.25, 0.3) is 5.91 Å². The van der Waals surface area contributed by atoms with Crippen LogP contribution < -0.4 is 16.4 Å². The van der Waals surface area contributed by atoms with Gasteiger partial charge < -0.3 is 16.4 Å². The number of benzene rings is 2. The second-order valence-corrected chi connectivity index (χ2v) is 6.06. The Morgan fingerprint density at radius 3 is 2.74 bits per heavy atom. The first-order chi connectivity index (χ1) is 13.2. The lowest BCUT2D eigenvalue weighted by atomic mass is 10.2. The van der Waals surface area contributed by atoms with Gasteiger partial charge in [0.2, 0.25) is 0 Å². The average molecular weight is 358 g/mol. The number of nitrogens with two attached hydrogens (primary N) is 1. The number of hydrogen-bond acceptors (Lipinski definition) is 5. The Morgan fingerprint density at radius 1 is 1.07 bits per heavy atom. The number of nitrogens with zero attached hydrogens (tertiary/aromatic N) is 3. The number of carbonyl (C=O) groups excluding carboxylic acids is 1. The number of fused-ring (bicyclic) bond motifs is 1. The summed E-state index contributed by atoms with van der Waals surface area (Å²) in [5.41, 5.74) is 9.19. The van der Waals surface area contributed by atoms with Gasteiger partial charge in [0.1, 0.15) is 11.4 Å². The van der Waals surface area contributed by atoms with Crippen LogP contribution in [0.15, 0.2) is 73.1 Å². The highest BCUT2D eigenvalue weighted by Gasteiger charge is 2.14. The van der Waals surface area contributed by atoms with E-state index in [1.165, 1.54) is 6.20 Å². The summed E-state index contributed by atoms with van der Waals surface area (Å²) in [4.78, 5) is 17.1. The Hall–Kier alpha value is -3.87. The van der Waals surface area contributed by atoms with Crippen LogP contribution in [0.5, 0.6) is 0 Å². The Bertz CT molecular complexity index is 1090. The lowest BCUT2D eigenvalue weighted by Gasteiger charge is -2.07. The van der Waals surface area contributed by atoms with Gasteiger partial charge in [-0.3, -0.25) is 4.79 Å². The van der Waals surface area contributed by atoms with Gasteiger partial charge in [-0.2, -0.15) is 5.10 Å². The third-order valence-corrected chi connectivity index (χ3v) is 4.07. The molecule has 0 saturated heterocycles. The maximum Gasteiger partial charge on any atom is 0.261 e. The van der Waals surface area contributed by atoms with Crippen LogP contribution in [0.1, 0.15) is 15.9 Å². The molecule has 0 spiro atoms. The molecule has 4 rings (SSSR count). The predicted molar refractivity (Wildman–Crippen MR) is 106 cm³/mol. The molecule has 0 saturated carbocycles. The van der Waals surface area contributed by atoms with Crippen molar-refractivity contribution in [2.24, 2.45) is 0 Å². The van der Waals surface area contributed by atoms with E-state index in [0.29, 0.717) is 29.3 Å². The zero-order valence-corrected chi connectivity index (χ0v) is 14.5. The smallest absolute Gasteiger partial charge is 0.261 e. The van der Waals surface area contributed by atoms with Gasteiger partial charge in [-0.05, 0) is 35.9 Å². The summed E-state index contributed by atoms with van der Waals surface area (Å²) in [6.07, 6.45) is 3.28. The monoisotopic (exact) mass is 358 g/mol. The van der Waals surface area contributed by atoms with E-state index >= 15 is 0 Å². The van der Waals surface area contributed by atoms with E-state index < -0.39 is 0 Å². The van der Waals surface area contributed by atoms with Crippen molar-refractivity contribution in [1.82, 2.24) is 14.6 Å². The van der Waals surface area contributed by atoms with Crippen molar-refractivity contribution in [3.05, 3.63) is 84.2 Å². The van der Waals surface area contributed by atoms with Crippen LogP contribution in [0, 0.1) is 0 Å². The van der Waals surface area contributed by atoms with E-state index in [1.54, 1.807) is 10.7 Å². The molecule has 0 bridgehead atoms. The minimum Gasteiger partial charge on any atom is -0.399 e. The zero-order chi connectivity index (χ0) is 18.6. The summed E-state index contributed by atoms with van der Waals surface area (Å²) in [7, 11) is 0. The Kier molecular flexibility index (Phi) is 4.40. The van der Waals surface area contributed by atoms with Gasteiger partial charge >= 0.3 is 0 Å². The molecule has 4 aromatic rings. The standard InChI is InChI=1S/C20H18N6O/c21-15-6-4-5-14(11-15)12-22-18-9-10-26-19(25-18)17(13-23-26)20(27)24-16-7-2-1-3-8-16/h1-11,13H,12,21H2,(H,22,25)(H,24,27). The van der Waals surface area contributed by atoms with E-state index in [4.69, 9.17) is 5.73 Å². The fourth-order valence-corrected chi connectivity index (χ4v) is 2.74. The van der Waals surface area contributed by atoms with E-state index in [1.807, 2.05) is 60.7 Å². The molecule has 4 N–H and O–H groups in total. The fraction of sp³-hybridized carbons (Fsp3) is 0.0500. The third-order valence-electron chi connectivity index (χ3n) is 4.07. The molecular weight excluding hydrogens is 340 g/mol. The van der Waals surface area contributed by atoms with Crippen LogP contribution in [0.2, 0.25) is 0 Å². The highest BCUT2D eigenvalue weighted by Crippen LogP contribution is 2.15. The molecule has 0 aliphatic heterocycles. The van der Waals surface area contributed by atoms with Gasteiger partial charge in [-0.1, -0.05) is 30.3 Å². The lowest BCUT2D eigenvalue weighted by Crippen LogP contribution is -2.12. The minimum atomic E-state index is -0.253. The number of nitrogens with one attached hydrogen (secondary N) is 2. The Morgan fingerprint density at radius 2 is 1.93 bits per heavy atom. The molecule has 0 fully saturated rings. The first kappa shape index (κ1) is 16.6. The molecule has 7 nitrogen and oxygen atoms in total. The number of amides is 1. The second kappa shape index (κ2) is 7.17. The molecule has 7 heteroatoms. The molecule has 134 valence electrons. The van der Waals surface area contributed by atoms with Gasteiger partial charge in [0.15, 0.2) is 5.65 Å². The summed E-state index contributed by atoms with van der Waals surface area (Å²) in [5, 5.41) is 10.3. The van der Waals surface area contributed by atoms with Gasteiger partial charge in [-0.15, -0.1) is 0 Å². The number of carbonyl (C=O) groups is 1. The SMILES string of the molecule is Nc1cccc(CNc2ccn3ncc(C(=O)Nc4ccccc4)c3n2)c1. The number of para-hydroxylation sites is 1. The van der Waals surface area contributed by atoms with Crippen LogP contribution >= 0.6 is 0 Å². The Labute approximate surface area is 155 Å². The van der Waals surface area contributed by atoms with Gasteiger partial charge in [-0.25, -0.2) is 9.50 Å². The third kappa shape index (κ3) is 3.72. The maximum absolute atomic E-state index is 12.6. The van der Waals surface area contributed by atoms with Crippen molar-refractivity contribution < 1.29 is 4.79 Å². The van der Waals surface area contributed by atoms with E-state index in [0.717, 1.165) is 11.3 Å². The highest BCUT2D eigenvalue weighted by atomic mass is 16.1. The molecule has 0 radical (unpaired) electrons. The average Bonchev–Trinajstić information content (AvgIpc) is 3.10. The summed E-state index contributed by atoms with van der Waals surface area (Å²) in [6, 6.07) is 18.7. The molecule has 27 heavy (non-hydrogen) atoms. The fourth-order valence-electron chi connectivity index (χ4n) is 2.74. The highest BCUT2D eigenvalue weighted by molar-refractivity contribution is 6.08. The zero-order valence-electron chi connectivity index (χ0n) is 14.5. The normalized spacial score (nSPS) is 10.7. The van der Waals surface area contributed by atoms with Crippen molar-refractivity contribution in [1.29, 1.82) is 0 Å². The van der Waals surface area contributed by atoms with Crippen molar-refractivity contribution >= 4 is 28.7 Å². The van der Waals surface area contributed by atoms with Gasteiger partial charge in [0.05, 0.1) is 6.20 Å². The van der Waals surface area contributed by atoms with Gasteiger partial charge in [0, 0.05) is 24.1 Å². The number of hydrogen-bond donors (Lipinski definition) is 3. The number of nitrogen functional groups attached to an aromatic ring is 1. The molecule has 0 aliphatic rings. The van der Waals surface area contributed by atoms with E-state index in [-0.39, 0.29) is 5.91 Å². The first-order valence-corrected chi connectivity index (χ1v) is 8.48. The topological polar surface area (TPSA) is 97.3 Å². The van der Waals surface area contributed by atoms with E-state index in [2.05, 4.69) is 20.7 Å². The van der Waals surface area contributed by atoms with Crippen molar-refractivity contribution in [3.8, 4) is 0 Å². The molecule has 2 aromatic heterocycles. The predicted octanol–water partition coefficient (Wildman–Crippen LogP) is 3.18. The number of anilines is 3. The summed E-state index contributed by atoms with van der Waals surface area (Å²) in [6.45, 7) is 0.577. The minimum absolute atomic E-state index is 0.253. The number of aromatic nitrogens is 3. The van der Waals surface area contributed by atoms with Crippen molar-refractivity contribution in [2.45, 2.75) is 6.54 Å².